The number of hydrogen-bond donors (Lipinski definition) is 8. The average molecular weight is 1590 g/mol. The highest BCUT2D eigenvalue weighted by atomic mass is 28.5. The number of imide groups is 1. The van der Waals surface area contributed by atoms with Gasteiger partial charge in [0, 0.05) is 41.9 Å². The molecule has 0 spiro atoms. The molecule has 9 N–H and O–H groups in total. The first-order chi connectivity index (χ1) is 49.0. The second-order valence-electron chi connectivity index (χ2n) is 33.8. The van der Waals surface area contributed by atoms with Crippen molar-refractivity contribution < 1.29 is 103 Å². The van der Waals surface area contributed by atoms with E-state index in [1.54, 1.807) is 24.3 Å². The molecule has 1 aromatic carbocycles. The van der Waals surface area contributed by atoms with E-state index in [1.807, 2.05) is 0 Å². The Morgan fingerprint density at radius 3 is 0.896 bits per heavy atom. The van der Waals surface area contributed by atoms with Gasteiger partial charge in [-0.05, 0) is 78.6 Å². The van der Waals surface area contributed by atoms with Crippen molar-refractivity contribution in [2.45, 2.75) is 356 Å². The van der Waals surface area contributed by atoms with Crippen LogP contribution < -0.4 is 11.1 Å². The Balaban J connectivity index is 0.000000238. The number of amides is 2. The number of benzene rings is 1. The molecule has 10 rings (SSSR count). The number of ether oxygens (including phenoxy) is 5. The fourth-order valence-corrected chi connectivity index (χ4v) is 49.8. The molecule has 598 valence electrons. The minimum absolute atomic E-state index is 0.0437. The first-order valence-electron chi connectivity index (χ1n) is 38.8. The number of fused-ring (bicyclic) bond motifs is 4. The molecule has 106 heavy (non-hydrogen) atoms. The largest absolute Gasteiger partial charge is 0.414 e. The Morgan fingerprint density at radius 1 is 0.387 bits per heavy atom. The van der Waals surface area contributed by atoms with E-state index in [0.717, 1.165) is 0 Å². The third-order valence-corrected chi connectivity index (χ3v) is 53.5. The van der Waals surface area contributed by atoms with Crippen LogP contribution in [-0.4, -0.2) is 275 Å². The number of nitrogens with one attached hydrogen (secondary N) is 1. The molecule has 24 nitrogen and oxygen atoms in total. The van der Waals surface area contributed by atoms with Crippen molar-refractivity contribution in [2.75, 3.05) is 33.0 Å². The SMILES string of the molecule is O=C1NC(=O)c2ccccc21.[B][C@@H]1O[C@@H]2CO[Si](C(C)C)(C(C)C)O[Si](C(C)C)(C(C)C)O[C@@H]2C1C.[B][C@@H]1O[C@@H]2CO[Si](C(C)C)(C(C)C)O[Si](C(C)C)(C(C)C)O[C@@H]2C1C.[B][C@@H]1O[C@@H]2CO[Si](C(C)C)(C(C)C)O[Si](C(C)C)(C(C)C)O[C@@H]2C1O.[B][C@@H]1O[C@H](CO)[C@H](O)C1N.[B][C@@H]1O[C@H](CO)[C@H](O)C1O. The van der Waals surface area contributed by atoms with Gasteiger partial charge in [-0.25, -0.2) is 0 Å². The third-order valence-electron chi connectivity index (χ3n) is 22.7. The lowest BCUT2D eigenvalue weighted by Crippen LogP contribution is -2.65. The molecule has 9 heterocycles. The quantitative estimate of drug-likeness (QED) is 0.0649. The summed E-state index contributed by atoms with van der Waals surface area (Å²) in [7, 11) is 13.6. The summed E-state index contributed by atoms with van der Waals surface area (Å²) in [4.78, 5) is 21.9. The van der Waals surface area contributed by atoms with Gasteiger partial charge in [0.05, 0.1) is 80.7 Å². The molecule has 0 saturated carbocycles. The van der Waals surface area contributed by atoms with Gasteiger partial charge in [0.1, 0.15) is 82.0 Å². The van der Waals surface area contributed by atoms with Crippen LogP contribution >= 0.6 is 0 Å². The Kier molecular flexibility index (Phi) is 35.8. The average Bonchev–Trinajstić information content (AvgIpc) is 1.28. The van der Waals surface area contributed by atoms with Crippen molar-refractivity contribution in [3.05, 3.63) is 35.4 Å². The van der Waals surface area contributed by atoms with Crippen molar-refractivity contribution in [1.82, 2.24) is 5.32 Å². The van der Waals surface area contributed by atoms with E-state index >= 15 is 0 Å². The van der Waals surface area contributed by atoms with Gasteiger partial charge in [-0.15, -0.1) is 0 Å². The summed E-state index contributed by atoms with van der Waals surface area (Å²) in [5.41, 5.74) is 10.1. The molecule has 8 fully saturated rings. The lowest BCUT2D eigenvalue weighted by Gasteiger charge is -2.51. The number of carbonyl (C=O) groups excluding carboxylic acids is 2. The molecular formula is C71H133B5N2O22Si6. The molecule has 9 aliphatic rings. The van der Waals surface area contributed by atoms with Gasteiger partial charge in [-0.2, -0.15) is 0 Å². The van der Waals surface area contributed by atoms with Crippen LogP contribution in [0.3, 0.4) is 0 Å². The summed E-state index contributed by atoms with van der Waals surface area (Å²) in [6.45, 7) is 58.2. The topological polar surface area (TPSA) is 323 Å². The normalized spacial score (nSPS) is 35.5. The van der Waals surface area contributed by atoms with Crippen LogP contribution in [0.1, 0.15) is 201 Å². The van der Waals surface area contributed by atoms with Gasteiger partial charge >= 0.3 is 51.4 Å². The first kappa shape index (κ1) is 95.7. The van der Waals surface area contributed by atoms with Crippen LogP contribution in [0, 0.1) is 11.8 Å². The number of hydrogen-bond acceptors (Lipinski definition) is 23. The molecule has 2 amide bonds. The number of carbonyl (C=O) groups is 2. The molecule has 1 aromatic rings. The summed E-state index contributed by atoms with van der Waals surface area (Å²) in [5.74, 6) is -0.307. The second-order valence-corrected chi connectivity index (χ2v) is 60.4. The monoisotopic (exact) mass is 1590 g/mol. The highest BCUT2D eigenvalue weighted by Gasteiger charge is 2.65. The van der Waals surface area contributed by atoms with Crippen LogP contribution in [0.5, 0.6) is 0 Å². The van der Waals surface area contributed by atoms with E-state index in [2.05, 4.69) is 185 Å². The molecular weight excluding hydrogens is 1460 g/mol. The van der Waals surface area contributed by atoms with E-state index < -0.39 is 118 Å². The molecule has 35 heteroatoms. The minimum Gasteiger partial charge on any atom is -0.414 e. The van der Waals surface area contributed by atoms with E-state index in [4.69, 9.17) is 133 Å². The Morgan fingerprint density at radius 2 is 0.651 bits per heavy atom. The summed E-state index contributed by atoms with van der Waals surface area (Å²) in [5, 5.41) is 56.9. The van der Waals surface area contributed by atoms with E-state index in [0.29, 0.717) is 75.3 Å². The van der Waals surface area contributed by atoms with Crippen LogP contribution in [0.25, 0.3) is 0 Å². The lowest BCUT2D eigenvalue weighted by atomic mass is 9.86. The van der Waals surface area contributed by atoms with Gasteiger partial charge in [0.25, 0.3) is 11.8 Å². The highest BCUT2D eigenvalue weighted by Crippen LogP contribution is 2.52. The summed E-state index contributed by atoms with van der Waals surface area (Å²) < 4.78 is 89.2. The summed E-state index contributed by atoms with van der Waals surface area (Å²) in [6.07, 6.45) is -6.33. The van der Waals surface area contributed by atoms with Crippen LogP contribution in [0.2, 0.25) is 66.5 Å². The molecule has 20 atom stereocenters. The maximum Gasteiger partial charge on any atom is 0.335 e. The van der Waals surface area contributed by atoms with Crippen LogP contribution in [0.15, 0.2) is 24.3 Å². The predicted molar refractivity (Wildman–Crippen MR) is 426 cm³/mol. The van der Waals surface area contributed by atoms with Gasteiger partial charge < -0.3 is 99.0 Å². The zero-order valence-electron chi connectivity index (χ0n) is 68.5. The van der Waals surface area contributed by atoms with E-state index in [9.17, 15) is 14.7 Å². The van der Waals surface area contributed by atoms with Crippen LogP contribution in [-0.2, 0) is 62.6 Å². The van der Waals surface area contributed by atoms with Crippen molar-refractivity contribution in [3.8, 4) is 0 Å². The smallest absolute Gasteiger partial charge is 0.335 e. The lowest BCUT2D eigenvalue weighted by molar-refractivity contribution is -0.0318. The zero-order chi connectivity index (χ0) is 80.8. The van der Waals surface area contributed by atoms with Crippen LogP contribution in [0.4, 0.5) is 0 Å². The summed E-state index contributed by atoms with van der Waals surface area (Å²) >= 11 is 0. The maximum atomic E-state index is 10.9. The number of rotatable bonds is 14. The van der Waals surface area contributed by atoms with E-state index in [-0.39, 0.29) is 102 Å². The minimum atomic E-state index is -2.70. The standard InChI is InChI=1S/2C18H37BO4Si2.C17H35BO5Si2.C8H5NO2.C5H10BNO3.C5H9BO4/c2*1-11(2)24(12(3)4)20-10-16-17(15(9)18(19)21-16)22-25(23-24,13(5)6)14(7)8;1-10(2)24(11(3)4)20-9-14-16(15(19)17(18)21-14)22-25(23-24,12(5)6)13(7)8;10-7-5-3-1-2-4-6(5)8(11)9-7;6-5-3(7)4(9)2(1-8)10-5;6-5-4(9)3(8)2(1-7)10-5/h2*11-18H,10H2,1-9H3;10-17,19H,9H2,1-8H3;1-4H,(H,9,10,11);2-5,8-9H,1,7H2;2-5,7-9H,1H2/t2*15?,16-,17-,18-;14-,15?,16+,17-;;2-,3?,4+,5-;2-,3+,4?,5-/m111.11/s1. The van der Waals surface area contributed by atoms with Gasteiger partial charge in [0.2, 0.25) is 0 Å². The first-order valence-corrected chi connectivity index (χ1v) is 50.6. The fourth-order valence-electron chi connectivity index (χ4n) is 16.0. The molecule has 10 radical (unpaired) electrons. The molecule has 0 bridgehead atoms. The number of aliphatic hydroxyl groups excluding tert-OH is 6. The molecule has 0 aliphatic carbocycles. The van der Waals surface area contributed by atoms with Crippen molar-refractivity contribution >= 4 is 102 Å². The molecule has 0 aromatic heterocycles. The predicted octanol–water partition coefficient (Wildman–Crippen LogP) is 7.87. The van der Waals surface area contributed by atoms with Gasteiger partial charge in [-0.1, -0.05) is 192 Å². The van der Waals surface area contributed by atoms with Gasteiger partial charge in [0.15, 0.2) is 0 Å². The Labute approximate surface area is 648 Å². The highest BCUT2D eigenvalue weighted by molar-refractivity contribution is 6.85. The van der Waals surface area contributed by atoms with E-state index in [1.165, 1.54) is 0 Å². The maximum absolute atomic E-state index is 10.9. The third kappa shape index (κ3) is 20.5. The second kappa shape index (κ2) is 39.7. The molecule has 8 saturated heterocycles. The Hall–Kier alpha value is -0.854. The Bertz CT molecular complexity index is 2590. The van der Waals surface area contributed by atoms with Crippen molar-refractivity contribution in [3.63, 3.8) is 0 Å². The fraction of sp³-hybridized carbons (Fsp3) is 0.887. The number of aliphatic hydroxyl groups is 6. The number of nitrogens with two attached hydrogens (primary N) is 1. The molecule has 5 unspecified atom stereocenters. The van der Waals surface area contributed by atoms with Gasteiger partial charge in [-0.3, -0.25) is 14.9 Å². The molecule has 9 aliphatic heterocycles. The van der Waals surface area contributed by atoms with Crippen molar-refractivity contribution in [1.29, 1.82) is 0 Å². The zero-order valence-corrected chi connectivity index (χ0v) is 74.5. The summed E-state index contributed by atoms with van der Waals surface area (Å²) in [6, 6.07) is 3.28. The van der Waals surface area contributed by atoms with Crippen molar-refractivity contribution in [2.24, 2.45) is 17.6 Å².